The minimum Gasteiger partial charge on any atom is -0.334 e. The molecule has 2 heterocycles. The van der Waals surface area contributed by atoms with Gasteiger partial charge in [0.25, 0.3) is 11.8 Å². The van der Waals surface area contributed by atoms with Crippen LogP contribution in [0.15, 0.2) is 53.1 Å². The molecule has 4 rings (SSSR count). The first-order valence-corrected chi connectivity index (χ1v) is 8.08. The SMILES string of the molecule is Cc1noc(-c2ccc(C(=O)Nc3nc4ccccc4s3)cc2)n1. The van der Waals surface area contributed by atoms with Crippen molar-refractivity contribution in [1.82, 2.24) is 15.1 Å². The number of nitrogens with zero attached hydrogens (tertiary/aromatic N) is 3. The Kier molecular flexibility index (Phi) is 3.55. The number of fused-ring (bicyclic) bond motifs is 1. The van der Waals surface area contributed by atoms with Crippen molar-refractivity contribution >= 4 is 32.6 Å². The first-order valence-electron chi connectivity index (χ1n) is 7.27. The molecule has 118 valence electrons. The van der Waals surface area contributed by atoms with E-state index in [0.717, 1.165) is 15.8 Å². The highest BCUT2D eigenvalue weighted by atomic mass is 32.1. The standard InChI is InChI=1S/C17H12N4O2S/c1-10-18-16(23-21-10)12-8-6-11(7-9-12)15(22)20-17-19-13-4-2-3-5-14(13)24-17/h2-9H,1H3,(H,19,20,22). The van der Waals surface area contributed by atoms with E-state index in [9.17, 15) is 4.79 Å². The first kappa shape index (κ1) is 14.5. The molecule has 4 aromatic rings. The van der Waals surface area contributed by atoms with Crippen molar-refractivity contribution < 1.29 is 9.32 Å². The molecule has 1 amide bonds. The van der Waals surface area contributed by atoms with Gasteiger partial charge in [-0.25, -0.2) is 4.98 Å². The minimum atomic E-state index is -0.206. The van der Waals surface area contributed by atoms with Gasteiger partial charge in [-0.2, -0.15) is 4.98 Å². The van der Waals surface area contributed by atoms with E-state index in [0.29, 0.717) is 22.4 Å². The van der Waals surface area contributed by atoms with Crippen LogP contribution in [0.3, 0.4) is 0 Å². The molecule has 2 aromatic carbocycles. The molecule has 0 aliphatic carbocycles. The number of aromatic nitrogens is 3. The fraction of sp³-hybridized carbons (Fsp3) is 0.0588. The van der Waals surface area contributed by atoms with E-state index in [4.69, 9.17) is 4.52 Å². The molecule has 0 bridgehead atoms. The Morgan fingerprint density at radius 1 is 1.08 bits per heavy atom. The molecule has 7 heteroatoms. The lowest BCUT2D eigenvalue weighted by molar-refractivity contribution is 0.102. The Labute approximate surface area is 141 Å². The normalized spacial score (nSPS) is 10.9. The molecule has 0 unspecified atom stereocenters. The lowest BCUT2D eigenvalue weighted by Gasteiger charge is -2.02. The van der Waals surface area contributed by atoms with Gasteiger partial charge < -0.3 is 4.52 Å². The summed E-state index contributed by atoms with van der Waals surface area (Å²) in [5.74, 6) is 0.801. The number of nitrogens with one attached hydrogen (secondary N) is 1. The summed E-state index contributed by atoms with van der Waals surface area (Å²) in [4.78, 5) is 20.9. The molecule has 0 aliphatic rings. The molecule has 1 N–H and O–H groups in total. The third kappa shape index (κ3) is 2.77. The van der Waals surface area contributed by atoms with Crippen LogP contribution in [-0.2, 0) is 0 Å². The Morgan fingerprint density at radius 2 is 1.88 bits per heavy atom. The van der Waals surface area contributed by atoms with Crippen LogP contribution in [0.5, 0.6) is 0 Å². The van der Waals surface area contributed by atoms with Crippen molar-refractivity contribution in [2.75, 3.05) is 5.32 Å². The predicted molar refractivity (Wildman–Crippen MR) is 92.0 cm³/mol. The number of rotatable bonds is 3. The highest BCUT2D eigenvalue weighted by molar-refractivity contribution is 7.22. The second-order valence-corrected chi connectivity index (χ2v) is 6.20. The van der Waals surface area contributed by atoms with Crippen molar-refractivity contribution in [2.24, 2.45) is 0 Å². The van der Waals surface area contributed by atoms with Crippen LogP contribution >= 0.6 is 11.3 Å². The number of thiazole rings is 1. The van der Waals surface area contributed by atoms with E-state index >= 15 is 0 Å². The van der Waals surface area contributed by atoms with Crippen LogP contribution in [0, 0.1) is 6.92 Å². The first-order chi connectivity index (χ1) is 11.7. The summed E-state index contributed by atoms with van der Waals surface area (Å²) in [7, 11) is 0. The third-order valence-corrected chi connectivity index (χ3v) is 4.39. The van der Waals surface area contributed by atoms with Crippen molar-refractivity contribution in [2.45, 2.75) is 6.92 Å². The molecule has 0 saturated heterocycles. The number of amides is 1. The molecule has 0 fully saturated rings. The molecule has 0 spiro atoms. The average molecular weight is 336 g/mol. The third-order valence-electron chi connectivity index (χ3n) is 3.44. The fourth-order valence-corrected chi connectivity index (χ4v) is 3.13. The van der Waals surface area contributed by atoms with E-state index in [2.05, 4.69) is 20.4 Å². The van der Waals surface area contributed by atoms with Crippen LogP contribution in [0.4, 0.5) is 5.13 Å². The summed E-state index contributed by atoms with van der Waals surface area (Å²) in [5.41, 5.74) is 2.18. The molecule has 24 heavy (non-hydrogen) atoms. The molecule has 2 aromatic heterocycles. The maximum Gasteiger partial charge on any atom is 0.257 e. The monoisotopic (exact) mass is 336 g/mol. The Hall–Kier alpha value is -3.06. The van der Waals surface area contributed by atoms with Crippen LogP contribution < -0.4 is 5.32 Å². The quantitative estimate of drug-likeness (QED) is 0.613. The van der Waals surface area contributed by atoms with Gasteiger partial charge in [-0.05, 0) is 43.3 Å². The summed E-state index contributed by atoms with van der Waals surface area (Å²) >= 11 is 1.45. The number of aryl methyl sites for hydroxylation is 1. The highest BCUT2D eigenvalue weighted by Crippen LogP contribution is 2.26. The van der Waals surface area contributed by atoms with Crippen LogP contribution in [0.25, 0.3) is 21.7 Å². The summed E-state index contributed by atoms with van der Waals surface area (Å²) < 4.78 is 6.15. The van der Waals surface area contributed by atoms with Gasteiger partial charge in [0, 0.05) is 11.1 Å². The van der Waals surface area contributed by atoms with Gasteiger partial charge in [0.15, 0.2) is 11.0 Å². The Morgan fingerprint density at radius 3 is 2.58 bits per heavy atom. The van der Waals surface area contributed by atoms with Gasteiger partial charge in [0.2, 0.25) is 0 Å². The summed E-state index contributed by atoms with van der Waals surface area (Å²) in [6.45, 7) is 1.76. The Balaban J connectivity index is 1.53. The molecule has 0 radical (unpaired) electrons. The van der Waals surface area contributed by atoms with E-state index in [1.807, 2.05) is 24.3 Å². The lowest BCUT2D eigenvalue weighted by atomic mass is 10.1. The number of anilines is 1. The minimum absolute atomic E-state index is 0.206. The van der Waals surface area contributed by atoms with Gasteiger partial charge in [-0.1, -0.05) is 28.6 Å². The van der Waals surface area contributed by atoms with Crippen LogP contribution in [0.1, 0.15) is 16.2 Å². The lowest BCUT2D eigenvalue weighted by Crippen LogP contribution is -2.11. The number of carbonyl (C=O) groups excluding carboxylic acids is 1. The molecule has 6 nitrogen and oxygen atoms in total. The number of hydrogen-bond acceptors (Lipinski definition) is 6. The van der Waals surface area contributed by atoms with Crippen LogP contribution in [-0.4, -0.2) is 21.0 Å². The summed E-state index contributed by atoms with van der Waals surface area (Å²) in [6, 6.07) is 14.8. The fourth-order valence-electron chi connectivity index (χ4n) is 2.27. The molecule has 0 aliphatic heterocycles. The zero-order valence-corrected chi connectivity index (χ0v) is 13.5. The summed E-state index contributed by atoms with van der Waals surface area (Å²) in [6.07, 6.45) is 0. The smallest absolute Gasteiger partial charge is 0.257 e. The Bertz CT molecular complexity index is 987. The van der Waals surface area contributed by atoms with Gasteiger partial charge in [-0.3, -0.25) is 10.1 Å². The zero-order valence-electron chi connectivity index (χ0n) is 12.7. The number of carbonyl (C=O) groups is 1. The zero-order chi connectivity index (χ0) is 16.5. The van der Waals surface area contributed by atoms with Gasteiger partial charge in [0.1, 0.15) is 0 Å². The van der Waals surface area contributed by atoms with Gasteiger partial charge in [0.05, 0.1) is 10.2 Å². The maximum atomic E-state index is 12.3. The van der Waals surface area contributed by atoms with Gasteiger partial charge >= 0.3 is 0 Å². The second kappa shape index (κ2) is 5.86. The van der Waals surface area contributed by atoms with Crippen molar-refractivity contribution in [1.29, 1.82) is 0 Å². The topological polar surface area (TPSA) is 80.9 Å². The maximum absolute atomic E-state index is 12.3. The van der Waals surface area contributed by atoms with E-state index in [1.165, 1.54) is 11.3 Å². The molecular weight excluding hydrogens is 324 g/mol. The van der Waals surface area contributed by atoms with E-state index in [-0.39, 0.29) is 5.91 Å². The van der Waals surface area contributed by atoms with Crippen molar-refractivity contribution in [3.8, 4) is 11.5 Å². The second-order valence-electron chi connectivity index (χ2n) is 5.16. The number of hydrogen-bond donors (Lipinski definition) is 1. The summed E-state index contributed by atoms with van der Waals surface area (Å²) in [5, 5.41) is 7.16. The highest BCUT2D eigenvalue weighted by Gasteiger charge is 2.11. The van der Waals surface area contributed by atoms with E-state index < -0.39 is 0 Å². The molecule has 0 atom stereocenters. The number of para-hydroxylation sites is 1. The average Bonchev–Trinajstić information content (AvgIpc) is 3.20. The number of benzene rings is 2. The van der Waals surface area contributed by atoms with E-state index in [1.54, 1.807) is 31.2 Å². The molecule has 0 saturated carbocycles. The largest absolute Gasteiger partial charge is 0.334 e. The van der Waals surface area contributed by atoms with Crippen molar-refractivity contribution in [3.05, 3.63) is 59.9 Å². The van der Waals surface area contributed by atoms with Gasteiger partial charge in [-0.15, -0.1) is 0 Å². The van der Waals surface area contributed by atoms with Crippen molar-refractivity contribution in [3.63, 3.8) is 0 Å². The molecular formula is C17H12N4O2S. The van der Waals surface area contributed by atoms with Crippen LogP contribution in [0.2, 0.25) is 0 Å². The predicted octanol–water partition coefficient (Wildman–Crippen LogP) is 3.91.